The third-order valence-electron chi connectivity index (χ3n) is 5.36. The summed E-state index contributed by atoms with van der Waals surface area (Å²) in [5.74, 6) is 1.12. The van der Waals surface area contributed by atoms with Crippen LogP contribution in [0.25, 0.3) is 22.9 Å². The summed E-state index contributed by atoms with van der Waals surface area (Å²) in [6.45, 7) is 2.52. The lowest BCUT2D eigenvalue weighted by atomic mass is 10.1. The molecule has 1 aliphatic rings. The van der Waals surface area contributed by atoms with Crippen LogP contribution >= 0.6 is 11.8 Å². The van der Waals surface area contributed by atoms with Crippen LogP contribution in [0.3, 0.4) is 0 Å². The molecule has 4 heterocycles. The number of nitrogens with zero attached hydrogens (tertiary/aromatic N) is 4. The quantitative estimate of drug-likeness (QED) is 0.284. The minimum absolute atomic E-state index is 0.0578. The van der Waals surface area contributed by atoms with Crippen LogP contribution < -0.4 is 4.90 Å². The van der Waals surface area contributed by atoms with Crippen molar-refractivity contribution < 1.29 is 18.4 Å². The molecule has 166 valence electrons. The molecule has 0 spiro atoms. The van der Waals surface area contributed by atoms with E-state index in [2.05, 4.69) is 15.2 Å². The maximum atomic E-state index is 13.0. The highest BCUT2D eigenvalue weighted by Crippen LogP contribution is 2.32. The number of amides is 1. The van der Waals surface area contributed by atoms with Gasteiger partial charge >= 0.3 is 0 Å². The molecule has 0 aliphatic carbocycles. The van der Waals surface area contributed by atoms with Crippen LogP contribution in [0.1, 0.15) is 30.1 Å². The van der Waals surface area contributed by atoms with Crippen LogP contribution in [-0.2, 0) is 4.79 Å². The van der Waals surface area contributed by atoms with Gasteiger partial charge in [0, 0.05) is 24.2 Å². The van der Waals surface area contributed by atoms with Crippen LogP contribution in [0.5, 0.6) is 0 Å². The minimum Gasteiger partial charge on any atom is -0.463 e. The molecule has 9 heteroatoms. The van der Waals surface area contributed by atoms with Gasteiger partial charge in [-0.2, -0.15) is 0 Å². The number of rotatable bonds is 7. The van der Waals surface area contributed by atoms with Gasteiger partial charge in [-0.1, -0.05) is 11.8 Å². The van der Waals surface area contributed by atoms with E-state index in [1.165, 1.54) is 11.8 Å². The molecule has 0 radical (unpaired) electrons. The Morgan fingerprint density at radius 2 is 1.70 bits per heavy atom. The average Bonchev–Trinajstić information content (AvgIpc) is 3.61. The van der Waals surface area contributed by atoms with Gasteiger partial charge in [-0.15, -0.1) is 10.2 Å². The van der Waals surface area contributed by atoms with E-state index in [9.17, 15) is 9.59 Å². The highest BCUT2D eigenvalue weighted by atomic mass is 32.2. The summed E-state index contributed by atoms with van der Waals surface area (Å²) >= 11 is 1.22. The molecule has 0 unspecified atom stereocenters. The standard InChI is InChI=1S/C24H20N4O4S/c1-15(23(30)16-8-10-17(11-9-16)28-12-2-7-20(28)29)33-24-25-21(18-5-3-13-31-18)22(26-27-24)19-6-4-14-32-19/h3-6,8-11,13-15H,2,7,12H2,1H3/t15-/m0/s1. The van der Waals surface area contributed by atoms with Crippen LogP contribution in [0, 0.1) is 0 Å². The molecule has 1 aromatic carbocycles. The molecule has 1 fully saturated rings. The van der Waals surface area contributed by atoms with Gasteiger partial charge in [0.25, 0.3) is 0 Å². The number of aromatic nitrogens is 3. The van der Waals surface area contributed by atoms with Crippen molar-refractivity contribution in [1.82, 2.24) is 15.2 Å². The van der Waals surface area contributed by atoms with Crippen molar-refractivity contribution >= 4 is 29.1 Å². The predicted molar refractivity (Wildman–Crippen MR) is 123 cm³/mol. The molecule has 0 saturated carbocycles. The first-order valence-corrected chi connectivity index (χ1v) is 11.4. The Bertz CT molecular complexity index is 1270. The fraction of sp³-hybridized carbons (Fsp3) is 0.208. The van der Waals surface area contributed by atoms with E-state index >= 15 is 0 Å². The Hall–Kier alpha value is -3.72. The number of thioether (sulfide) groups is 1. The van der Waals surface area contributed by atoms with Crippen LogP contribution in [0.4, 0.5) is 5.69 Å². The summed E-state index contributed by atoms with van der Waals surface area (Å²) in [6.07, 6.45) is 4.54. The molecule has 8 nitrogen and oxygen atoms in total. The Kier molecular flexibility index (Phi) is 5.78. The number of hydrogen-bond donors (Lipinski definition) is 0. The summed E-state index contributed by atoms with van der Waals surface area (Å²) in [5, 5.41) is 8.41. The fourth-order valence-electron chi connectivity index (χ4n) is 3.70. The SMILES string of the molecule is C[C@H](Sc1nnc(-c2ccco2)c(-c2ccco2)n1)C(=O)c1ccc(N2CCCC2=O)cc1. The molecule has 1 aliphatic heterocycles. The number of carbonyl (C=O) groups excluding carboxylic acids is 2. The highest BCUT2D eigenvalue weighted by Gasteiger charge is 2.24. The Balaban J connectivity index is 1.35. The lowest BCUT2D eigenvalue weighted by Crippen LogP contribution is -2.23. The number of benzene rings is 1. The Labute approximate surface area is 194 Å². The zero-order chi connectivity index (χ0) is 22.8. The van der Waals surface area contributed by atoms with E-state index in [-0.39, 0.29) is 11.7 Å². The molecule has 1 atom stereocenters. The smallest absolute Gasteiger partial charge is 0.227 e. The van der Waals surface area contributed by atoms with Gasteiger partial charge in [0.2, 0.25) is 11.1 Å². The van der Waals surface area contributed by atoms with Gasteiger partial charge in [-0.3, -0.25) is 9.59 Å². The molecular weight excluding hydrogens is 440 g/mol. The molecule has 1 amide bonds. The van der Waals surface area contributed by atoms with Gasteiger partial charge in [-0.25, -0.2) is 4.98 Å². The largest absolute Gasteiger partial charge is 0.463 e. The third-order valence-corrected chi connectivity index (χ3v) is 6.32. The topological polar surface area (TPSA) is 102 Å². The van der Waals surface area contributed by atoms with Crippen LogP contribution in [-0.4, -0.2) is 38.7 Å². The first-order chi connectivity index (χ1) is 16.1. The lowest BCUT2D eigenvalue weighted by molar-refractivity contribution is -0.117. The van der Waals surface area contributed by atoms with Gasteiger partial charge in [0.1, 0.15) is 5.69 Å². The van der Waals surface area contributed by atoms with Crippen LogP contribution in [0.2, 0.25) is 0 Å². The van der Waals surface area contributed by atoms with Crippen LogP contribution in [0.15, 0.2) is 75.0 Å². The molecule has 0 N–H and O–H groups in total. The van der Waals surface area contributed by atoms with E-state index in [0.717, 1.165) is 12.1 Å². The number of carbonyl (C=O) groups is 2. The molecule has 4 aromatic rings. The summed E-state index contributed by atoms with van der Waals surface area (Å²) in [7, 11) is 0. The Morgan fingerprint density at radius 1 is 1.00 bits per heavy atom. The van der Waals surface area contributed by atoms with Gasteiger partial charge < -0.3 is 13.7 Å². The lowest BCUT2D eigenvalue weighted by Gasteiger charge is -2.16. The molecule has 5 rings (SSSR count). The monoisotopic (exact) mass is 460 g/mol. The average molecular weight is 461 g/mol. The number of Topliss-reactive ketones (excluding diaryl/α,β-unsaturated/α-hetero) is 1. The first kappa shape index (κ1) is 21.1. The second-order valence-electron chi connectivity index (χ2n) is 7.57. The summed E-state index contributed by atoms with van der Waals surface area (Å²) < 4.78 is 11.0. The maximum Gasteiger partial charge on any atom is 0.227 e. The van der Waals surface area contributed by atoms with Gasteiger partial charge in [0.15, 0.2) is 23.0 Å². The van der Waals surface area contributed by atoms with Crippen molar-refractivity contribution in [3.05, 3.63) is 66.6 Å². The van der Waals surface area contributed by atoms with Crippen molar-refractivity contribution in [2.75, 3.05) is 11.4 Å². The second kappa shape index (κ2) is 9.03. The summed E-state index contributed by atoms with van der Waals surface area (Å²) in [4.78, 5) is 31.3. The maximum absolute atomic E-state index is 13.0. The number of ketones is 1. The number of anilines is 1. The minimum atomic E-state index is -0.440. The second-order valence-corrected chi connectivity index (χ2v) is 8.87. The van der Waals surface area contributed by atoms with Crippen molar-refractivity contribution in [1.29, 1.82) is 0 Å². The zero-order valence-electron chi connectivity index (χ0n) is 17.8. The number of hydrogen-bond acceptors (Lipinski definition) is 8. The van der Waals surface area contributed by atoms with E-state index < -0.39 is 5.25 Å². The number of furan rings is 2. The van der Waals surface area contributed by atoms with Crippen molar-refractivity contribution in [3.63, 3.8) is 0 Å². The predicted octanol–water partition coefficient (Wildman–Crippen LogP) is 4.88. The fourth-order valence-corrected chi connectivity index (χ4v) is 4.49. The van der Waals surface area contributed by atoms with Crippen molar-refractivity contribution in [3.8, 4) is 22.9 Å². The van der Waals surface area contributed by atoms with Crippen molar-refractivity contribution in [2.45, 2.75) is 30.2 Å². The van der Waals surface area contributed by atoms with E-state index in [1.807, 2.05) is 12.1 Å². The molecule has 33 heavy (non-hydrogen) atoms. The molecule has 0 bridgehead atoms. The van der Waals surface area contributed by atoms with Gasteiger partial charge in [0.05, 0.1) is 17.8 Å². The third kappa shape index (κ3) is 4.31. The highest BCUT2D eigenvalue weighted by molar-refractivity contribution is 8.00. The first-order valence-electron chi connectivity index (χ1n) is 10.5. The van der Waals surface area contributed by atoms with Gasteiger partial charge in [-0.05, 0) is 61.9 Å². The molecule has 1 saturated heterocycles. The Morgan fingerprint density at radius 3 is 2.30 bits per heavy atom. The molecule has 3 aromatic heterocycles. The van der Waals surface area contributed by atoms with E-state index in [4.69, 9.17) is 8.83 Å². The van der Waals surface area contributed by atoms with E-state index in [0.29, 0.717) is 46.6 Å². The van der Waals surface area contributed by atoms with E-state index in [1.54, 1.807) is 60.7 Å². The summed E-state index contributed by atoms with van der Waals surface area (Å²) in [6, 6.07) is 14.2. The summed E-state index contributed by atoms with van der Waals surface area (Å²) in [5.41, 5.74) is 2.34. The zero-order valence-corrected chi connectivity index (χ0v) is 18.6. The normalized spacial score (nSPS) is 14.6. The van der Waals surface area contributed by atoms with Crippen molar-refractivity contribution in [2.24, 2.45) is 0 Å². The molecular formula is C24H20N4O4S.